The van der Waals surface area contributed by atoms with Crippen molar-refractivity contribution in [1.29, 1.82) is 5.26 Å². The minimum absolute atomic E-state index is 0.644. The Kier molecular flexibility index (Phi) is 5.71. The van der Waals surface area contributed by atoms with Gasteiger partial charge in [-0.15, -0.1) is 0 Å². The number of hydrogen-bond donors (Lipinski definition) is 0. The number of hydrogen-bond acceptors (Lipinski definition) is 2. The summed E-state index contributed by atoms with van der Waals surface area (Å²) in [5.41, 5.74) is 4.80. The quantitative estimate of drug-likeness (QED) is 0.596. The Bertz CT molecular complexity index is 950. The van der Waals surface area contributed by atoms with Gasteiger partial charge in [0.25, 0.3) is 0 Å². The molecule has 0 N–H and O–H groups in total. The Morgan fingerprint density at radius 3 is 1.65 bits per heavy atom. The van der Waals surface area contributed by atoms with Gasteiger partial charge in [0.2, 0.25) is 0 Å². The van der Waals surface area contributed by atoms with E-state index in [4.69, 9.17) is 10.00 Å². The van der Waals surface area contributed by atoms with Crippen LogP contribution in [0.15, 0.2) is 72.8 Å². The van der Waals surface area contributed by atoms with Gasteiger partial charge in [-0.1, -0.05) is 43.0 Å². The van der Waals surface area contributed by atoms with Gasteiger partial charge in [0.1, 0.15) is 5.75 Å². The van der Waals surface area contributed by atoms with Crippen LogP contribution in [0.5, 0.6) is 5.75 Å². The number of nitrogens with zero attached hydrogens (tertiary/aromatic N) is 1. The molecule has 3 aromatic carbocycles. The standard InChI is InChI=1S/C24H19NO/c1-2-17-26-24-15-13-23(14-16-24)22-11-9-20(10-12-22)4-3-19-5-7-21(18-25)8-6-19/h5-16H,2,17H2,1H3. The summed E-state index contributed by atoms with van der Waals surface area (Å²) in [6.07, 6.45) is 1.01. The summed E-state index contributed by atoms with van der Waals surface area (Å²) in [4.78, 5) is 0. The maximum atomic E-state index is 8.82. The van der Waals surface area contributed by atoms with Crippen molar-refractivity contribution in [1.82, 2.24) is 0 Å². The fourth-order valence-electron chi connectivity index (χ4n) is 2.48. The number of rotatable bonds is 4. The lowest BCUT2D eigenvalue weighted by Crippen LogP contribution is -1.94. The van der Waals surface area contributed by atoms with Crippen LogP contribution in [-0.4, -0.2) is 6.61 Å². The Morgan fingerprint density at radius 1 is 0.692 bits per heavy atom. The Labute approximate surface area is 154 Å². The van der Waals surface area contributed by atoms with E-state index >= 15 is 0 Å². The summed E-state index contributed by atoms with van der Waals surface area (Å²) in [5, 5.41) is 8.82. The van der Waals surface area contributed by atoms with Crippen LogP contribution in [0.3, 0.4) is 0 Å². The highest BCUT2D eigenvalue weighted by Crippen LogP contribution is 2.22. The van der Waals surface area contributed by atoms with Crippen molar-refractivity contribution in [2.75, 3.05) is 6.61 Å². The third kappa shape index (κ3) is 4.53. The van der Waals surface area contributed by atoms with Gasteiger partial charge in [-0.05, 0) is 66.1 Å². The van der Waals surface area contributed by atoms with E-state index in [1.807, 2.05) is 36.4 Å². The van der Waals surface area contributed by atoms with Crippen LogP contribution >= 0.6 is 0 Å². The minimum atomic E-state index is 0.644. The molecule has 0 heterocycles. The molecule has 0 aliphatic rings. The second kappa shape index (κ2) is 8.56. The van der Waals surface area contributed by atoms with Gasteiger partial charge in [-0.3, -0.25) is 0 Å². The van der Waals surface area contributed by atoms with Crippen molar-refractivity contribution >= 4 is 0 Å². The van der Waals surface area contributed by atoms with Crippen molar-refractivity contribution in [3.63, 3.8) is 0 Å². The normalized spacial score (nSPS) is 9.69. The van der Waals surface area contributed by atoms with Gasteiger partial charge in [-0.2, -0.15) is 5.26 Å². The van der Waals surface area contributed by atoms with E-state index in [1.54, 1.807) is 12.1 Å². The number of benzene rings is 3. The molecule has 26 heavy (non-hydrogen) atoms. The Hall–Kier alpha value is -3.49. The third-order valence-electron chi connectivity index (χ3n) is 3.91. The summed E-state index contributed by atoms with van der Waals surface area (Å²) in [6.45, 7) is 2.84. The first-order valence-electron chi connectivity index (χ1n) is 8.64. The molecule has 0 atom stereocenters. The second-order valence-corrected chi connectivity index (χ2v) is 5.89. The average molecular weight is 337 g/mol. The first-order chi connectivity index (χ1) is 12.8. The molecule has 0 saturated heterocycles. The van der Waals surface area contributed by atoms with E-state index in [1.165, 1.54) is 0 Å². The zero-order chi connectivity index (χ0) is 18.2. The maximum absolute atomic E-state index is 8.82. The van der Waals surface area contributed by atoms with E-state index in [-0.39, 0.29) is 0 Å². The third-order valence-corrected chi connectivity index (χ3v) is 3.91. The lowest BCUT2D eigenvalue weighted by atomic mass is 10.0. The zero-order valence-electron chi connectivity index (χ0n) is 14.7. The van der Waals surface area contributed by atoms with Crippen molar-refractivity contribution in [3.05, 3.63) is 89.5 Å². The molecule has 0 spiro atoms. The van der Waals surface area contributed by atoms with Gasteiger partial charge in [0.05, 0.1) is 18.2 Å². The van der Waals surface area contributed by atoms with Gasteiger partial charge in [0.15, 0.2) is 0 Å². The van der Waals surface area contributed by atoms with E-state index in [9.17, 15) is 0 Å². The van der Waals surface area contributed by atoms with Crippen molar-refractivity contribution in [2.24, 2.45) is 0 Å². The highest BCUT2D eigenvalue weighted by atomic mass is 16.5. The lowest BCUT2D eigenvalue weighted by Gasteiger charge is -2.06. The van der Waals surface area contributed by atoms with Crippen LogP contribution < -0.4 is 4.74 Å². The minimum Gasteiger partial charge on any atom is -0.494 e. The van der Waals surface area contributed by atoms with E-state index in [0.717, 1.165) is 41.0 Å². The van der Waals surface area contributed by atoms with Crippen molar-refractivity contribution in [2.45, 2.75) is 13.3 Å². The molecule has 0 aliphatic heterocycles. The van der Waals surface area contributed by atoms with Gasteiger partial charge in [0, 0.05) is 11.1 Å². The molecule has 0 amide bonds. The molecule has 0 aliphatic carbocycles. The molecule has 0 unspecified atom stereocenters. The van der Waals surface area contributed by atoms with Crippen LogP contribution in [-0.2, 0) is 0 Å². The Morgan fingerprint density at radius 2 is 1.15 bits per heavy atom. The first-order valence-corrected chi connectivity index (χ1v) is 8.64. The molecular formula is C24H19NO. The molecule has 0 bridgehead atoms. The van der Waals surface area contributed by atoms with Crippen molar-refractivity contribution < 1.29 is 4.74 Å². The van der Waals surface area contributed by atoms with E-state index in [0.29, 0.717) is 5.56 Å². The average Bonchev–Trinajstić information content (AvgIpc) is 2.72. The molecule has 2 heteroatoms. The number of ether oxygens (including phenoxy) is 1. The predicted octanol–water partition coefficient (Wildman–Crippen LogP) is 5.41. The summed E-state index contributed by atoms with van der Waals surface area (Å²) >= 11 is 0. The summed E-state index contributed by atoms with van der Waals surface area (Å²) < 4.78 is 5.62. The first kappa shape index (κ1) is 17.3. The molecule has 3 rings (SSSR count). The lowest BCUT2D eigenvalue weighted by molar-refractivity contribution is 0.317. The second-order valence-electron chi connectivity index (χ2n) is 5.89. The largest absolute Gasteiger partial charge is 0.494 e. The summed E-state index contributed by atoms with van der Waals surface area (Å²) in [6, 6.07) is 25.7. The maximum Gasteiger partial charge on any atom is 0.119 e. The van der Waals surface area contributed by atoms with Crippen LogP contribution in [0.25, 0.3) is 11.1 Å². The van der Waals surface area contributed by atoms with Crippen molar-refractivity contribution in [3.8, 4) is 34.8 Å². The molecular weight excluding hydrogens is 318 g/mol. The smallest absolute Gasteiger partial charge is 0.119 e. The highest BCUT2D eigenvalue weighted by molar-refractivity contribution is 5.65. The van der Waals surface area contributed by atoms with E-state index in [2.05, 4.69) is 49.1 Å². The van der Waals surface area contributed by atoms with Crippen LogP contribution in [0.2, 0.25) is 0 Å². The molecule has 126 valence electrons. The molecule has 0 fully saturated rings. The van der Waals surface area contributed by atoms with Gasteiger partial charge in [-0.25, -0.2) is 0 Å². The van der Waals surface area contributed by atoms with Crippen LogP contribution in [0.4, 0.5) is 0 Å². The predicted molar refractivity (Wildman–Crippen MR) is 105 cm³/mol. The monoisotopic (exact) mass is 337 g/mol. The van der Waals surface area contributed by atoms with Crippen LogP contribution in [0, 0.1) is 23.2 Å². The zero-order valence-corrected chi connectivity index (χ0v) is 14.7. The molecule has 2 nitrogen and oxygen atoms in total. The number of nitriles is 1. The topological polar surface area (TPSA) is 33.0 Å². The fourth-order valence-corrected chi connectivity index (χ4v) is 2.48. The fraction of sp³-hybridized carbons (Fsp3) is 0.125. The van der Waals surface area contributed by atoms with Gasteiger partial charge >= 0.3 is 0 Å². The summed E-state index contributed by atoms with van der Waals surface area (Å²) in [7, 11) is 0. The highest BCUT2D eigenvalue weighted by Gasteiger charge is 1.99. The SMILES string of the molecule is CCCOc1ccc(-c2ccc(C#Cc3ccc(C#N)cc3)cc2)cc1. The molecule has 0 aromatic heterocycles. The molecule has 3 aromatic rings. The van der Waals surface area contributed by atoms with E-state index < -0.39 is 0 Å². The molecule has 0 saturated carbocycles. The van der Waals surface area contributed by atoms with Gasteiger partial charge < -0.3 is 4.74 Å². The van der Waals surface area contributed by atoms with Crippen LogP contribution in [0.1, 0.15) is 30.0 Å². The Balaban J connectivity index is 1.70. The molecule has 0 radical (unpaired) electrons. The summed E-state index contributed by atoms with van der Waals surface area (Å²) in [5.74, 6) is 7.18.